The van der Waals surface area contributed by atoms with Gasteiger partial charge in [-0.05, 0) is 0 Å². The molecule has 2 aromatic carbocycles. The molecule has 0 aliphatic heterocycles. The minimum atomic E-state index is -0.256. The van der Waals surface area contributed by atoms with Gasteiger partial charge in [0.1, 0.15) is 0 Å². The summed E-state index contributed by atoms with van der Waals surface area (Å²) in [5.41, 5.74) is 1.43. The molecule has 0 unspecified atom stereocenters. The fourth-order valence-electron chi connectivity index (χ4n) is 1.94. The van der Waals surface area contributed by atoms with Crippen LogP contribution >= 0.6 is 0 Å². The number of nitrogens with one attached hydrogen (secondary N) is 2. The summed E-state index contributed by atoms with van der Waals surface area (Å²) in [5.74, 6) is 0.103. The van der Waals surface area contributed by atoms with Gasteiger partial charge in [-0.15, -0.1) is 10.2 Å². The molecule has 122 valence electrons. The lowest BCUT2D eigenvalue weighted by atomic mass is 10.2. The summed E-state index contributed by atoms with van der Waals surface area (Å²) in [7, 11) is 0. The van der Waals surface area contributed by atoms with Gasteiger partial charge in [-0.1, -0.05) is 60.7 Å². The lowest BCUT2D eigenvalue weighted by Crippen LogP contribution is -2.31. The van der Waals surface area contributed by atoms with Gasteiger partial charge < -0.3 is 10.6 Å². The van der Waals surface area contributed by atoms with Crippen molar-refractivity contribution in [1.82, 2.24) is 10.6 Å². The molecular weight excluding hydrogens is 304 g/mol. The van der Waals surface area contributed by atoms with E-state index in [9.17, 15) is 9.59 Å². The molecule has 2 aromatic rings. The van der Waals surface area contributed by atoms with Gasteiger partial charge in [0.25, 0.3) is 0 Å². The third kappa shape index (κ3) is 5.17. The zero-order valence-corrected chi connectivity index (χ0v) is 13.5. The van der Waals surface area contributed by atoms with Crippen molar-refractivity contribution in [2.24, 2.45) is 10.2 Å². The molecule has 0 bridgehead atoms. The highest BCUT2D eigenvalue weighted by Gasteiger charge is 2.08. The molecule has 6 heteroatoms. The van der Waals surface area contributed by atoms with Crippen LogP contribution in [0.5, 0.6) is 0 Å². The molecule has 0 fully saturated rings. The van der Waals surface area contributed by atoms with Crippen LogP contribution in [0.4, 0.5) is 0 Å². The second-order valence-electron chi connectivity index (χ2n) is 4.99. The van der Waals surface area contributed by atoms with Crippen LogP contribution in [0, 0.1) is 0 Å². The lowest BCUT2D eigenvalue weighted by Gasteiger charge is -2.07. The van der Waals surface area contributed by atoms with E-state index in [0.29, 0.717) is 22.8 Å². The van der Waals surface area contributed by atoms with Crippen LogP contribution in [0.1, 0.15) is 25.0 Å². The molecule has 2 rings (SSSR count). The molecule has 0 aliphatic carbocycles. The molecule has 2 amide bonds. The van der Waals surface area contributed by atoms with Gasteiger partial charge in [0.2, 0.25) is 11.8 Å². The van der Waals surface area contributed by atoms with Crippen LogP contribution in [0.2, 0.25) is 0 Å². The second kappa shape index (κ2) is 8.38. The Morgan fingerprint density at radius 2 is 1.00 bits per heavy atom. The van der Waals surface area contributed by atoms with Crippen molar-refractivity contribution in [2.75, 3.05) is 0 Å². The summed E-state index contributed by atoms with van der Waals surface area (Å²) in [5, 5.41) is 13.5. The Hall–Kier alpha value is -3.28. The molecule has 0 aromatic heterocycles. The Labute approximate surface area is 140 Å². The number of amides is 2. The number of rotatable bonds is 3. The number of benzene rings is 2. The molecule has 24 heavy (non-hydrogen) atoms. The minimum absolute atomic E-state index is 0.256. The van der Waals surface area contributed by atoms with Crippen molar-refractivity contribution < 1.29 is 9.59 Å². The molecule has 0 saturated carbocycles. The highest BCUT2D eigenvalue weighted by Crippen LogP contribution is 2.03. The van der Waals surface area contributed by atoms with Crippen LogP contribution in [0.25, 0.3) is 0 Å². The van der Waals surface area contributed by atoms with E-state index in [1.807, 2.05) is 60.7 Å². The van der Waals surface area contributed by atoms with E-state index in [-0.39, 0.29) is 11.8 Å². The quantitative estimate of drug-likeness (QED) is 0.515. The monoisotopic (exact) mass is 322 g/mol. The van der Waals surface area contributed by atoms with Crippen LogP contribution in [0.15, 0.2) is 70.9 Å². The zero-order chi connectivity index (χ0) is 17.4. The fourth-order valence-corrected chi connectivity index (χ4v) is 1.94. The van der Waals surface area contributed by atoms with Crippen LogP contribution in [-0.2, 0) is 9.59 Å². The van der Waals surface area contributed by atoms with E-state index < -0.39 is 0 Å². The largest absolute Gasteiger partial charge is 0.309 e. The van der Waals surface area contributed by atoms with E-state index in [1.54, 1.807) is 0 Å². The van der Waals surface area contributed by atoms with Gasteiger partial charge >= 0.3 is 0 Å². The smallest absolute Gasteiger partial charge is 0.222 e. The predicted molar refractivity (Wildman–Crippen MR) is 93.6 cm³/mol. The number of nitrogens with zero attached hydrogens (tertiary/aromatic N) is 2. The zero-order valence-electron chi connectivity index (χ0n) is 13.5. The Kier molecular flexibility index (Phi) is 5.96. The topological polar surface area (TPSA) is 82.9 Å². The summed E-state index contributed by atoms with van der Waals surface area (Å²) in [6.45, 7) is 2.79. The van der Waals surface area contributed by atoms with Gasteiger partial charge in [0.15, 0.2) is 11.7 Å². The first-order valence-corrected chi connectivity index (χ1v) is 7.38. The van der Waals surface area contributed by atoms with Crippen LogP contribution in [0.3, 0.4) is 0 Å². The van der Waals surface area contributed by atoms with Gasteiger partial charge in [-0.2, -0.15) is 0 Å². The van der Waals surface area contributed by atoms with Crippen molar-refractivity contribution in [3.63, 3.8) is 0 Å². The van der Waals surface area contributed by atoms with E-state index in [1.165, 1.54) is 13.8 Å². The molecule has 0 atom stereocenters. The number of carbonyl (C=O) groups is 2. The summed E-state index contributed by atoms with van der Waals surface area (Å²) in [6, 6.07) is 18.3. The van der Waals surface area contributed by atoms with E-state index in [0.717, 1.165) is 0 Å². The maximum Gasteiger partial charge on any atom is 0.222 e. The Morgan fingerprint density at radius 1 is 0.667 bits per heavy atom. The fraction of sp³-hybridized carbons (Fsp3) is 0.111. The number of hydrogen-bond acceptors (Lipinski definition) is 4. The third-order valence-corrected chi connectivity index (χ3v) is 2.93. The first-order valence-electron chi connectivity index (χ1n) is 7.38. The summed E-state index contributed by atoms with van der Waals surface area (Å²) in [4.78, 5) is 22.8. The van der Waals surface area contributed by atoms with Gasteiger partial charge in [0, 0.05) is 25.0 Å². The maximum absolute atomic E-state index is 11.4. The molecule has 0 radical (unpaired) electrons. The van der Waals surface area contributed by atoms with Crippen molar-refractivity contribution >= 4 is 23.5 Å². The molecule has 2 N–H and O–H groups in total. The first-order chi connectivity index (χ1) is 11.6. The standard InChI is InChI=1S/C18H18N4O2/c1-13(23)19-17(15-9-5-3-6-10-15)21-22-18(20-14(2)24)16-11-7-4-8-12-16/h3-12H,1-2H3,(H,19,21,23)(H,20,22,24). The summed E-state index contributed by atoms with van der Waals surface area (Å²) < 4.78 is 0. The number of carbonyl (C=O) groups excluding carboxylic acids is 2. The van der Waals surface area contributed by atoms with Crippen molar-refractivity contribution in [3.05, 3.63) is 71.8 Å². The molecule has 0 heterocycles. The third-order valence-electron chi connectivity index (χ3n) is 2.93. The number of amidine groups is 2. The van der Waals surface area contributed by atoms with E-state index in [4.69, 9.17) is 0 Å². The average molecular weight is 322 g/mol. The van der Waals surface area contributed by atoms with Crippen molar-refractivity contribution in [3.8, 4) is 0 Å². The number of hydrogen-bond donors (Lipinski definition) is 2. The first kappa shape index (κ1) is 17.1. The van der Waals surface area contributed by atoms with Crippen molar-refractivity contribution in [1.29, 1.82) is 0 Å². The van der Waals surface area contributed by atoms with Crippen LogP contribution in [-0.4, -0.2) is 23.5 Å². The molecular formula is C18H18N4O2. The molecule has 0 saturated heterocycles. The molecule has 6 nitrogen and oxygen atoms in total. The maximum atomic E-state index is 11.4. The normalized spacial score (nSPS) is 11.8. The van der Waals surface area contributed by atoms with Crippen LogP contribution < -0.4 is 10.6 Å². The average Bonchev–Trinajstić information content (AvgIpc) is 2.58. The SMILES string of the molecule is CC(=O)N/C(=N\N=C(/NC(C)=O)c1ccccc1)c1ccccc1. The lowest BCUT2D eigenvalue weighted by molar-refractivity contribution is -0.118. The minimum Gasteiger partial charge on any atom is -0.309 e. The highest BCUT2D eigenvalue weighted by molar-refractivity contribution is 6.09. The Balaban J connectivity index is 2.42. The Bertz CT molecular complexity index is 701. The highest BCUT2D eigenvalue weighted by atomic mass is 16.2. The summed E-state index contributed by atoms with van der Waals surface area (Å²) >= 11 is 0. The van der Waals surface area contributed by atoms with Gasteiger partial charge in [0.05, 0.1) is 0 Å². The van der Waals surface area contributed by atoms with Crippen molar-refractivity contribution in [2.45, 2.75) is 13.8 Å². The summed E-state index contributed by atoms with van der Waals surface area (Å²) in [6.07, 6.45) is 0. The van der Waals surface area contributed by atoms with Gasteiger partial charge in [-0.3, -0.25) is 9.59 Å². The van der Waals surface area contributed by atoms with E-state index in [2.05, 4.69) is 20.8 Å². The molecule has 0 aliphatic rings. The predicted octanol–water partition coefficient (Wildman–Crippen LogP) is 2.07. The Morgan fingerprint density at radius 3 is 1.29 bits per heavy atom. The second-order valence-corrected chi connectivity index (χ2v) is 4.99. The van der Waals surface area contributed by atoms with Gasteiger partial charge in [-0.25, -0.2) is 0 Å². The molecule has 0 spiro atoms. The van der Waals surface area contributed by atoms with E-state index >= 15 is 0 Å².